The predicted octanol–water partition coefficient (Wildman–Crippen LogP) is 4.61. The van der Waals surface area contributed by atoms with Crippen molar-refractivity contribution in [1.29, 1.82) is 0 Å². The lowest BCUT2D eigenvalue weighted by atomic mass is 10.1. The lowest BCUT2D eigenvalue weighted by Gasteiger charge is -1.96. The monoisotopic (exact) mass is 336 g/mol. The van der Waals surface area contributed by atoms with Crippen molar-refractivity contribution in [3.8, 4) is 11.3 Å². The number of carbonyl (C=O) groups excluding carboxylic acids is 1. The number of nitrogens with zero attached hydrogens (tertiary/aromatic N) is 2. The highest BCUT2D eigenvalue weighted by atomic mass is 32.1. The van der Waals surface area contributed by atoms with Gasteiger partial charge in [-0.1, -0.05) is 48.5 Å². The van der Waals surface area contributed by atoms with Gasteiger partial charge in [0.2, 0.25) is 5.78 Å². The van der Waals surface area contributed by atoms with E-state index in [0.717, 1.165) is 5.56 Å². The average Bonchev–Trinajstić information content (AvgIpc) is 3.11. The van der Waals surface area contributed by atoms with Crippen LogP contribution in [0.5, 0.6) is 0 Å². The zero-order valence-electron chi connectivity index (χ0n) is 12.5. The molecular formula is C18H12N2O3S. The Morgan fingerprint density at radius 2 is 1.92 bits per heavy atom. The molecule has 0 aliphatic rings. The van der Waals surface area contributed by atoms with Crippen molar-refractivity contribution in [3.63, 3.8) is 0 Å². The van der Waals surface area contributed by atoms with E-state index in [2.05, 4.69) is 4.98 Å². The van der Waals surface area contributed by atoms with E-state index in [1.54, 1.807) is 23.6 Å². The van der Waals surface area contributed by atoms with E-state index in [4.69, 9.17) is 0 Å². The molecule has 2 aromatic carbocycles. The molecule has 0 aliphatic carbocycles. The summed E-state index contributed by atoms with van der Waals surface area (Å²) >= 11 is 1.22. The molecule has 0 N–H and O–H groups in total. The first-order chi connectivity index (χ1) is 11.6. The molecule has 118 valence electrons. The van der Waals surface area contributed by atoms with Crippen LogP contribution in [-0.2, 0) is 0 Å². The summed E-state index contributed by atoms with van der Waals surface area (Å²) < 4.78 is 0. The van der Waals surface area contributed by atoms with Crippen LogP contribution in [0.3, 0.4) is 0 Å². The number of thiazole rings is 1. The molecule has 0 aliphatic heterocycles. The first kappa shape index (κ1) is 15.8. The zero-order valence-corrected chi connectivity index (χ0v) is 13.3. The van der Waals surface area contributed by atoms with Gasteiger partial charge in [0.05, 0.1) is 10.6 Å². The quantitative estimate of drug-likeness (QED) is 0.295. The van der Waals surface area contributed by atoms with Gasteiger partial charge in [-0.05, 0) is 11.6 Å². The SMILES string of the molecule is O=C(C=Cc1ccccc1)c1nc(-c2cccc([N+](=O)[O-])c2)cs1. The van der Waals surface area contributed by atoms with Gasteiger partial charge in [-0.25, -0.2) is 4.98 Å². The van der Waals surface area contributed by atoms with Crippen molar-refractivity contribution in [2.24, 2.45) is 0 Å². The largest absolute Gasteiger partial charge is 0.287 e. The molecule has 6 heteroatoms. The van der Waals surface area contributed by atoms with Gasteiger partial charge < -0.3 is 0 Å². The van der Waals surface area contributed by atoms with Crippen LogP contribution in [0.1, 0.15) is 15.4 Å². The fourth-order valence-corrected chi connectivity index (χ4v) is 2.85. The molecule has 0 bridgehead atoms. The predicted molar refractivity (Wildman–Crippen MR) is 94.0 cm³/mol. The molecule has 1 heterocycles. The van der Waals surface area contributed by atoms with Gasteiger partial charge in [0.25, 0.3) is 5.69 Å². The van der Waals surface area contributed by atoms with Gasteiger partial charge in [0, 0.05) is 23.1 Å². The first-order valence-corrected chi connectivity index (χ1v) is 7.99. The van der Waals surface area contributed by atoms with Crippen molar-refractivity contribution in [1.82, 2.24) is 4.98 Å². The van der Waals surface area contributed by atoms with Crippen molar-refractivity contribution >= 4 is 28.9 Å². The molecule has 5 nitrogen and oxygen atoms in total. The van der Waals surface area contributed by atoms with Gasteiger partial charge in [-0.3, -0.25) is 14.9 Å². The van der Waals surface area contributed by atoms with Crippen molar-refractivity contribution in [2.75, 3.05) is 0 Å². The average molecular weight is 336 g/mol. The third-order valence-corrected chi connectivity index (χ3v) is 4.15. The van der Waals surface area contributed by atoms with E-state index in [-0.39, 0.29) is 11.5 Å². The van der Waals surface area contributed by atoms with Crippen molar-refractivity contribution in [3.05, 3.63) is 86.7 Å². The highest BCUT2D eigenvalue weighted by Crippen LogP contribution is 2.25. The number of hydrogen-bond donors (Lipinski definition) is 0. The van der Waals surface area contributed by atoms with Crippen LogP contribution in [0.15, 0.2) is 66.1 Å². The number of nitro groups is 1. The molecule has 0 atom stereocenters. The van der Waals surface area contributed by atoms with Crippen LogP contribution in [0, 0.1) is 10.1 Å². The van der Waals surface area contributed by atoms with Gasteiger partial charge in [-0.15, -0.1) is 11.3 Å². The summed E-state index contributed by atoms with van der Waals surface area (Å²) in [4.78, 5) is 26.9. The van der Waals surface area contributed by atoms with E-state index in [0.29, 0.717) is 16.3 Å². The molecule has 3 rings (SSSR count). The summed E-state index contributed by atoms with van der Waals surface area (Å²) in [6, 6.07) is 15.7. The fraction of sp³-hybridized carbons (Fsp3) is 0. The van der Waals surface area contributed by atoms with Crippen LogP contribution in [-0.4, -0.2) is 15.7 Å². The van der Waals surface area contributed by atoms with E-state index in [9.17, 15) is 14.9 Å². The Morgan fingerprint density at radius 3 is 2.67 bits per heavy atom. The lowest BCUT2D eigenvalue weighted by Crippen LogP contribution is -1.93. The van der Waals surface area contributed by atoms with Gasteiger partial charge in [0.1, 0.15) is 0 Å². The molecule has 0 saturated carbocycles. The maximum Gasteiger partial charge on any atom is 0.270 e. The highest BCUT2D eigenvalue weighted by molar-refractivity contribution is 7.12. The molecule has 24 heavy (non-hydrogen) atoms. The molecule has 1 aromatic heterocycles. The molecule has 0 amide bonds. The standard InChI is InChI=1S/C18H12N2O3S/c21-17(10-9-13-5-2-1-3-6-13)18-19-16(12-24-18)14-7-4-8-15(11-14)20(22)23/h1-12H. The van der Waals surface area contributed by atoms with Crippen LogP contribution >= 0.6 is 11.3 Å². The van der Waals surface area contributed by atoms with E-state index in [1.807, 2.05) is 30.3 Å². The molecule has 3 aromatic rings. The number of aromatic nitrogens is 1. The minimum Gasteiger partial charge on any atom is -0.287 e. The number of ketones is 1. The number of benzene rings is 2. The second-order valence-electron chi connectivity index (χ2n) is 4.95. The van der Waals surface area contributed by atoms with Crippen LogP contribution in [0.2, 0.25) is 0 Å². The fourth-order valence-electron chi connectivity index (χ4n) is 2.11. The number of nitro benzene ring substituents is 1. The minimum absolute atomic E-state index is 0.00245. The second kappa shape index (κ2) is 6.97. The molecule has 0 saturated heterocycles. The van der Waals surface area contributed by atoms with Crippen molar-refractivity contribution in [2.45, 2.75) is 0 Å². The summed E-state index contributed by atoms with van der Waals surface area (Å²) in [5.41, 5.74) is 2.10. The third kappa shape index (κ3) is 3.61. The van der Waals surface area contributed by atoms with E-state index >= 15 is 0 Å². The molecule has 0 fully saturated rings. The first-order valence-electron chi connectivity index (χ1n) is 7.11. The highest BCUT2D eigenvalue weighted by Gasteiger charge is 2.12. The topological polar surface area (TPSA) is 73.1 Å². The molecule has 0 spiro atoms. The Labute approximate surface area is 142 Å². The summed E-state index contributed by atoms with van der Waals surface area (Å²) in [5.74, 6) is -0.194. The maximum absolute atomic E-state index is 12.2. The summed E-state index contributed by atoms with van der Waals surface area (Å²) in [5, 5.41) is 12.9. The molecular weight excluding hydrogens is 324 g/mol. The molecule has 0 unspecified atom stereocenters. The summed E-state index contributed by atoms with van der Waals surface area (Å²) in [6.07, 6.45) is 3.21. The van der Waals surface area contributed by atoms with Crippen molar-refractivity contribution < 1.29 is 9.72 Å². The van der Waals surface area contributed by atoms with Gasteiger partial charge in [-0.2, -0.15) is 0 Å². The smallest absolute Gasteiger partial charge is 0.270 e. The van der Waals surface area contributed by atoms with Crippen LogP contribution < -0.4 is 0 Å². The Hall–Kier alpha value is -3.12. The number of rotatable bonds is 5. The van der Waals surface area contributed by atoms with Crippen LogP contribution in [0.4, 0.5) is 5.69 Å². The summed E-state index contributed by atoms with van der Waals surface area (Å²) in [6.45, 7) is 0. The van der Waals surface area contributed by atoms with Crippen LogP contribution in [0.25, 0.3) is 17.3 Å². The second-order valence-corrected chi connectivity index (χ2v) is 5.81. The Morgan fingerprint density at radius 1 is 1.12 bits per heavy atom. The number of non-ortho nitro benzene ring substituents is 1. The maximum atomic E-state index is 12.2. The van der Waals surface area contributed by atoms with E-state index < -0.39 is 4.92 Å². The number of hydrogen-bond acceptors (Lipinski definition) is 5. The Kier molecular flexibility index (Phi) is 4.58. The normalized spacial score (nSPS) is 10.8. The minimum atomic E-state index is -0.454. The Bertz CT molecular complexity index is 917. The molecule has 0 radical (unpaired) electrons. The van der Waals surface area contributed by atoms with Gasteiger partial charge in [0.15, 0.2) is 5.01 Å². The summed E-state index contributed by atoms with van der Waals surface area (Å²) in [7, 11) is 0. The Balaban J connectivity index is 1.80. The number of carbonyl (C=O) groups is 1. The zero-order chi connectivity index (χ0) is 16.9. The van der Waals surface area contributed by atoms with E-state index in [1.165, 1.54) is 29.5 Å². The van der Waals surface area contributed by atoms with Gasteiger partial charge >= 0.3 is 0 Å². The lowest BCUT2D eigenvalue weighted by molar-refractivity contribution is -0.384. The number of allylic oxidation sites excluding steroid dienone is 1. The third-order valence-electron chi connectivity index (χ3n) is 3.29.